The van der Waals surface area contributed by atoms with Gasteiger partial charge in [0.25, 0.3) is 5.91 Å². The number of nitrogens with one attached hydrogen (secondary N) is 1. The number of carbonyl (C=O) groups excluding carboxylic acids is 1. The lowest BCUT2D eigenvalue weighted by atomic mass is 10.2. The molecule has 1 N–H and O–H groups in total. The van der Waals surface area contributed by atoms with Crippen LogP contribution in [0.25, 0.3) is 0 Å². The van der Waals surface area contributed by atoms with Crippen molar-refractivity contribution < 1.29 is 19.0 Å². The largest absolute Gasteiger partial charge is 0.495 e. The maximum absolute atomic E-state index is 12.0. The highest BCUT2D eigenvalue weighted by Crippen LogP contribution is 2.23. The fourth-order valence-electron chi connectivity index (χ4n) is 2.00. The van der Waals surface area contributed by atoms with E-state index >= 15 is 0 Å². The highest BCUT2D eigenvalue weighted by atomic mass is 16.5. The number of anilines is 1. The first kappa shape index (κ1) is 17.7. The number of rotatable bonds is 8. The van der Waals surface area contributed by atoms with Crippen molar-refractivity contribution in [3.05, 3.63) is 48.5 Å². The zero-order chi connectivity index (χ0) is 17.4. The number of hydrogen-bond acceptors (Lipinski definition) is 4. The topological polar surface area (TPSA) is 56.8 Å². The first-order valence-electron chi connectivity index (χ1n) is 7.87. The lowest BCUT2D eigenvalue weighted by Crippen LogP contribution is -2.20. The highest BCUT2D eigenvalue weighted by Gasteiger charge is 2.08. The van der Waals surface area contributed by atoms with Gasteiger partial charge in [-0.25, -0.2) is 0 Å². The van der Waals surface area contributed by atoms with Crippen LogP contribution in [0.5, 0.6) is 17.2 Å². The lowest BCUT2D eigenvalue weighted by Gasteiger charge is -2.12. The molecule has 0 atom stereocenters. The normalized spacial score (nSPS) is 10.3. The van der Waals surface area contributed by atoms with E-state index in [1.807, 2.05) is 24.3 Å². The van der Waals surface area contributed by atoms with Gasteiger partial charge >= 0.3 is 0 Å². The number of para-hydroxylation sites is 2. The summed E-state index contributed by atoms with van der Waals surface area (Å²) in [6.45, 7) is 4.72. The third-order valence-corrected chi connectivity index (χ3v) is 3.14. The molecule has 0 bridgehead atoms. The molecule has 0 heterocycles. The van der Waals surface area contributed by atoms with E-state index in [0.29, 0.717) is 29.7 Å². The second-order valence-corrected chi connectivity index (χ2v) is 5.72. The summed E-state index contributed by atoms with van der Waals surface area (Å²) < 4.78 is 16.4. The highest BCUT2D eigenvalue weighted by molar-refractivity contribution is 5.93. The van der Waals surface area contributed by atoms with Gasteiger partial charge in [-0.3, -0.25) is 4.79 Å². The Morgan fingerprint density at radius 2 is 1.75 bits per heavy atom. The van der Waals surface area contributed by atoms with Crippen LogP contribution in [0.2, 0.25) is 0 Å². The van der Waals surface area contributed by atoms with Crippen LogP contribution in [0.3, 0.4) is 0 Å². The van der Waals surface area contributed by atoms with Crippen LogP contribution in [-0.4, -0.2) is 26.2 Å². The van der Waals surface area contributed by atoms with Crippen LogP contribution in [0.4, 0.5) is 5.69 Å². The Kier molecular flexibility index (Phi) is 6.49. The van der Waals surface area contributed by atoms with Crippen LogP contribution in [0.15, 0.2) is 48.5 Å². The molecule has 0 saturated carbocycles. The Hall–Kier alpha value is -2.69. The van der Waals surface area contributed by atoms with Crippen molar-refractivity contribution in [3.8, 4) is 17.2 Å². The molecule has 0 aliphatic rings. The summed E-state index contributed by atoms with van der Waals surface area (Å²) in [7, 11) is 1.56. The molecule has 0 spiro atoms. The van der Waals surface area contributed by atoms with Crippen LogP contribution in [-0.2, 0) is 4.79 Å². The number of hydrogen-bond donors (Lipinski definition) is 1. The number of methoxy groups -OCH3 is 1. The van der Waals surface area contributed by atoms with Gasteiger partial charge in [0, 0.05) is 6.07 Å². The molecule has 128 valence electrons. The summed E-state index contributed by atoms with van der Waals surface area (Å²) in [4.78, 5) is 12.0. The third-order valence-electron chi connectivity index (χ3n) is 3.14. The van der Waals surface area contributed by atoms with E-state index in [9.17, 15) is 4.79 Å². The Labute approximate surface area is 142 Å². The average molecular weight is 329 g/mol. The zero-order valence-corrected chi connectivity index (χ0v) is 14.2. The molecule has 5 heteroatoms. The first-order chi connectivity index (χ1) is 11.6. The van der Waals surface area contributed by atoms with Gasteiger partial charge in [0.15, 0.2) is 6.61 Å². The monoisotopic (exact) mass is 329 g/mol. The predicted octanol–water partition coefficient (Wildman–Crippen LogP) is 3.75. The quantitative estimate of drug-likeness (QED) is 0.801. The maximum Gasteiger partial charge on any atom is 0.262 e. The summed E-state index contributed by atoms with van der Waals surface area (Å²) in [5, 5.41) is 2.77. The van der Waals surface area contributed by atoms with Crippen molar-refractivity contribution in [2.45, 2.75) is 13.8 Å². The van der Waals surface area contributed by atoms with E-state index in [1.165, 1.54) is 0 Å². The summed E-state index contributed by atoms with van der Waals surface area (Å²) in [5.74, 6) is 2.11. The van der Waals surface area contributed by atoms with Crippen molar-refractivity contribution >= 4 is 11.6 Å². The minimum Gasteiger partial charge on any atom is -0.495 e. The molecule has 0 unspecified atom stereocenters. The van der Waals surface area contributed by atoms with Crippen LogP contribution in [0, 0.1) is 5.92 Å². The Morgan fingerprint density at radius 3 is 2.46 bits per heavy atom. The third kappa shape index (κ3) is 5.50. The van der Waals surface area contributed by atoms with Crippen molar-refractivity contribution in [2.24, 2.45) is 5.92 Å². The molecule has 5 nitrogen and oxygen atoms in total. The van der Waals surface area contributed by atoms with E-state index in [2.05, 4.69) is 19.2 Å². The smallest absolute Gasteiger partial charge is 0.262 e. The van der Waals surface area contributed by atoms with Gasteiger partial charge in [-0.1, -0.05) is 32.0 Å². The van der Waals surface area contributed by atoms with Crippen LogP contribution < -0.4 is 19.5 Å². The molecule has 0 aromatic heterocycles. The predicted molar refractivity (Wildman–Crippen MR) is 93.9 cm³/mol. The average Bonchev–Trinajstić information content (AvgIpc) is 2.59. The number of benzene rings is 2. The maximum atomic E-state index is 12.0. The molecule has 0 radical (unpaired) electrons. The number of carbonyl (C=O) groups is 1. The molecule has 0 aliphatic heterocycles. The van der Waals surface area contributed by atoms with Gasteiger partial charge in [0.05, 0.1) is 19.4 Å². The summed E-state index contributed by atoms with van der Waals surface area (Å²) in [5.41, 5.74) is 0.614. The van der Waals surface area contributed by atoms with E-state index < -0.39 is 0 Å². The van der Waals surface area contributed by atoms with Gasteiger partial charge in [-0.05, 0) is 30.2 Å². The molecule has 2 aromatic rings. The molecule has 2 aromatic carbocycles. The van der Waals surface area contributed by atoms with Gasteiger partial charge in [0.1, 0.15) is 17.2 Å². The first-order valence-corrected chi connectivity index (χ1v) is 7.87. The van der Waals surface area contributed by atoms with E-state index in [-0.39, 0.29) is 12.5 Å². The van der Waals surface area contributed by atoms with Crippen LogP contribution >= 0.6 is 0 Å². The van der Waals surface area contributed by atoms with Gasteiger partial charge in [-0.15, -0.1) is 0 Å². The second-order valence-electron chi connectivity index (χ2n) is 5.72. The van der Waals surface area contributed by atoms with Crippen LogP contribution in [0.1, 0.15) is 13.8 Å². The number of amides is 1. The lowest BCUT2D eigenvalue weighted by molar-refractivity contribution is -0.118. The molecule has 0 fully saturated rings. The van der Waals surface area contributed by atoms with Crippen molar-refractivity contribution in [1.29, 1.82) is 0 Å². The summed E-state index contributed by atoms with van der Waals surface area (Å²) >= 11 is 0. The van der Waals surface area contributed by atoms with Crippen molar-refractivity contribution in [2.75, 3.05) is 25.6 Å². The summed E-state index contributed by atoms with van der Waals surface area (Å²) in [6, 6.07) is 14.5. The number of ether oxygens (including phenoxy) is 3. The van der Waals surface area contributed by atoms with E-state index in [0.717, 1.165) is 5.75 Å². The summed E-state index contributed by atoms with van der Waals surface area (Å²) in [6.07, 6.45) is 0. The zero-order valence-electron chi connectivity index (χ0n) is 14.2. The molecule has 24 heavy (non-hydrogen) atoms. The fourth-order valence-corrected chi connectivity index (χ4v) is 2.00. The van der Waals surface area contributed by atoms with Gasteiger partial charge in [-0.2, -0.15) is 0 Å². The van der Waals surface area contributed by atoms with Crippen molar-refractivity contribution in [1.82, 2.24) is 0 Å². The molecule has 0 aliphatic carbocycles. The van der Waals surface area contributed by atoms with Crippen molar-refractivity contribution in [3.63, 3.8) is 0 Å². The molecular formula is C19H23NO4. The fraction of sp³-hybridized carbons (Fsp3) is 0.316. The Morgan fingerprint density at radius 1 is 1.04 bits per heavy atom. The second kappa shape index (κ2) is 8.82. The minimum absolute atomic E-state index is 0.0916. The molecular weight excluding hydrogens is 306 g/mol. The Balaban J connectivity index is 1.88. The standard InChI is InChI=1S/C19H23NO4/c1-14(2)12-23-15-7-6-8-16(11-15)24-13-19(21)20-17-9-4-5-10-18(17)22-3/h4-11,14H,12-13H2,1-3H3,(H,20,21). The Bertz CT molecular complexity index is 670. The molecule has 2 rings (SSSR count). The van der Waals surface area contributed by atoms with Gasteiger partial charge < -0.3 is 19.5 Å². The molecule has 0 saturated heterocycles. The van der Waals surface area contributed by atoms with E-state index in [4.69, 9.17) is 14.2 Å². The SMILES string of the molecule is COc1ccccc1NC(=O)COc1cccc(OCC(C)C)c1. The molecule has 1 amide bonds. The minimum atomic E-state index is -0.256. The van der Waals surface area contributed by atoms with Gasteiger partial charge in [0.2, 0.25) is 0 Å². The van der Waals surface area contributed by atoms with E-state index in [1.54, 1.807) is 31.4 Å².